The number of rotatable bonds is 6. The first-order valence-corrected chi connectivity index (χ1v) is 13.2. The van der Waals surface area contributed by atoms with E-state index in [0.717, 1.165) is 45.9 Å². The van der Waals surface area contributed by atoms with Crippen molar-refractivity contribution in [2.75, 3.05) is 11.9 Å². The van der Waals surface area contributed by atoms with E-state index in [1.54, 1.807) is 6.20 Å². The second-order valence-corrected chi connectivity index (χ2v) is 10.0. The van der Waals surface area contributed by atoms with Crippen molar-refractivity contribution >= 4 is 23.5 Å². The number of aliphatic carboxylic acids is 1. The number of carboxylic acid groups (broad SMARTS) is 1. The second kappa shape index (κ2) is 12.7. The standard InChI is InChI=1S/C29H28N4O2.C2HF3O2/c1-18(2)20-5-3-19(4-6-20)15-28(34)32-23-9-7-21(8-10-23)26-16-22(11-13-30-26)27-17-24-25(33-27)12-14-31-29(24)35;3-2(4,5)1(6)7/h3-11,13,16-18,33H,12,14-15H2,1-2H3,(H,31,35)(H,32,34);(H,6,7). The maximum absolute atomic E-state index is 12.5. The number of pyridine rings is 1. The lowest BCUT2D eigenvalue weighted by Crippen LogP contribution is -2.31. The van der Waals surface area contributed by atoms with Gasteiger partial charge in [0.1, 0.15) is 0 Å². The second-order valence-electron chi connectivity index (χ2n) is 10.0. The molecule has 11 heteroatoms. The first-order valence-electron chi connectivity index (χ1n) is 13.2. The van der Waals surface area contributed by atoms with Crippen LogP contribution in [0.3, 0.4) is 0 Å². The van der Waals surface area contributed by atoms with Gasteiger partial charge in [-0.2, -0.15) is 13.2 Å². The molecule has 218 valence electrons. The van der Waals surface area contributed by atoms with Crippen molar-refractivity contribution in [1.29, 1.82) is 0 Å². The normalized spacial score (nSPS) is 12.6. The van der Waals surface area contributed by atoms with Gasteiger partial charge in [0.25, 0.3) is 5.91 Å². The molecule has 8 nitrogen and oxygen atoms in total. The Kier molecular flexibility index (Phi) is 9.09. The number of aromatic amines is 1. The number of carbonyl (C=O) groups excluding carboxylic acids is 2. The Bertz CT molecular complexity index is 1580. The van der Waals surface area contributed by atoms with Crippen LogP contribution in [0.2, 0.25) is 0 Å². The average Bonchev–Trinajstić information content (AvgIpc) is 3.40. The lowest BCUT2D eigenvalue weighted by molar-refractivity contribution is -0.192. The predicted octanol–water partition coefficient (Wildman–Crippen LogP) is 5.97. The van der Waals surface area contributed by atoms with E-state index >= 15 is 0 Å². The summed E-state index contributed by atoms with van der Waals surface area (Å²) in [5, 5.41) is 13.0. The topological polar surface area (TPSA) is 124 Å². The molecule has 3 heterocycles. The molecule has 1 aliphatic heterocycles. The molecule has 0 saturated carbocycles. The van der Waals surface area contributed by atoms with E-state index in [-0.39, 0.29) is 11.8 Å². The summed E-state index contributed by atoms with van der Waals surface area (Å²) in [7, 11) is 0. The van der Waals surface area contributed by atoms with Crippen molar-refractivity contribution in [2.45, 2.75) is 38.8 Å². The Morgan fingerprint density at radius 2 is 1.67 bits per heavy atom. The molecule has 0 bridgehead atoms. The van der Waals surface area contributed by atoms with Crippen LogP contribution >= 0.6 is 0 Å². The minimum absolute atomic E-state index is 0.0340. The highest BCUT2D eigenvalue weighted by Crippen LogP contribution is 2.28. The molecule has 42 heavy (non-hydrogen) atoms. The Morgan fingerprint density at radius 3 is 2.26 bits per heavy atom. The van der Waals surface area contributed by atoms with Crippen molar-refractivity contribution in [1.82, 2.24) is 15.3 Å². The van der Waals surface area contributed by atoms with E-state index in [1.165, 1.54) is 5.56 Å². The van der Waals surface area contributed by atoms with Crippen LogP contribution in [0.4, 0.5) is 18.9 Å². The van der Waals surface area contributed by atoms with E-state index in [0.29, 0.717) is 24.4 Å². The van der Waals surface area contributed by atoms with Crippen LogP contribution in [0.15, 0.2) is 72.9 Å². The molecule has 0 radical (unpaired) electrons. The van der Waals surface area contributed by atoms with E-state index in [9.17, 15) is 22.8 Å². The fraction of sp³-hybridized carbons (Fsp3) is 0.226. The molecule has 4 N–H and O–H groups in total. The third kappa shape index (κ3) is 7.62. The zero-order valence-corrected chi connectivity index (χ0v) is 22.9. The number of anilines is 1. The highest BCUT2D eigenvalue weighted by Gasteiger charge is 2.38. The molecule has 2 amide bonds. The quantitative estimate of drug-likeness (QED) is 0.225. The number of hydrogen-bond donors (Lipinski definition) is 4. The minimum Gasteiger partial charge on any atom is -0.475 e. The Balaban J connectivity index is 0.000000517. The van der Waals surface area contributed by atoms with Crippen molar-refractivity contribution in [3.8, 4) is 22.5 Å². The fourth-order valence-electron chi connectivity index (χ4n) is 4.34. The Hall–Kier alpha value is -4.93. The van der Waals surface area contributed by atoms with E-state index < -0.39 is 12.1 Å². The maximum atomic E-state index is 12.5. The van der Waals surface area contributed by atoms with Crippen LogP contribution in [-0.2, 0) is 22.4 Å². The molecule has 0 unspecified atom stereocenters. The molecule has 4 aromatic rings. The van der Waals surface area contributed by atoms with E-state index in [1.807, 2.05) is 54.6 Å². The van der Waals surface area contributed by atoms with Crippen LogP contribution in [0.1, 0.15) is 46.9 Å². The van der Waals surface area contributed by atoms with Crippen LogP contribution < -0.4 is 10.6 Å². The number of nitrogens with zero attached hydrogens (tertiary/aromatic N) is 1. The minimum atomic E-state index is -5.08. The number of aromatic nitrogens is 2. The summed E-state index contributed by atoms with van der Waals surface area (Å²) in [5.74, 6) is -2.36. The summed E-state index contributed by atoms with van der Waals surface area (Å²) in [5.41, 5.74) is 8.33. The first kappa shape index (κ1) is 30.0. The van der Waals surface area contributed by atoms with Crippen molar-refractivity contribution in [3.63, 3.8) is 0 Å². The summed E-state index contributed by atoms with van der Waals surface area (Å²) < 4.78 is 31.7. The molecule has 0 spiro atoms. The number of amides is 2. The lowest BCUT2D eigenvalue weighted by Gasteiger charge is -2.11. The monoisotopic (exact) mass is 578 g/mol. The molecule has 0 aliphatic carbocycles. The Labute approximate surface area is 240 Å². The number of benzene rings is 2. The summed E-state index contributed by atoms with van der Waals surface area (Å²) in [6.07, 6.45) is -2.18. The maximum Gasteiger partial charge on any atom is 0.490 e. The number of carboxylic acids is 1. The zero-order valence-electron chi connectivity index (χ0n) is 22.9. The third-order valence-corrected chi connectivity index (χ3v) is 6.59. The van der Waals surface area contributed by atoms with Gasteiger partial charge in [-0.1, -0.05) is 50.2 Å². The van der Waals surface area contributed by atoms with Gasteiger partial charge < -0.3 is 20.7 Å². The number of fused-ring (bicyclic) bond motifs is 1. The van der Waals surface area contributed by atoms with Crippen molar-refractivity contribution in [2.24, 2.45) is 0 Å². The van der Waals surface area contributed by atoms with Gasteiger partial charge in [-0.15, -0.1) is 0 Å². The first-order chi connectivity index (χ1) is 19.9. The molecule has 0 atom stereocenters. The van der Waals surface area contributed by atoms with E-state index in [4.69, 9.17) is 9.90 Å². The van der Waals surface area contributed by atoms with Gasteiger partial charge in [-0.05, 0) is 47.4 Å². The fourth-order valence-corrected chi connectivity index (χ4v) is 4.34. The summed E-state index contributed by atoms with van der Waals surface area (Å²) in [4.78, 5) is 41.4. The number of H-pyrrole nitrogens is 1. The number of alkyl halides is 3. The molecular formula is C31H29F3N4O4. The van der Waals surface area contributed by atoms with Crippen LogP contribution in [0.25, 0.3) is 22.5 Å². The summed E-state index contributed by atoms with van der Waals surface area (Å²) in [6, 6.07) is 21.7. The molecule has 5 rings (SSSR count). The van der Waals surface area contributed by atoms with Crippen LogP contribution in [-0.4, -0.2) is 45.6 Å². The van der Waals surface area contributed by atoms with Crippen LogP contribution in [0.5, 0.6) is 0 Å². The number of hydrogen-bond acceptors (Lipinski definition) is 4. The lowest BCUT2D eigenvalue weighted by atomic mass is 10.0. The molecular weight excluding hydrogens is 549 g/mol. The molecule has 0 saturated heterocycles. The summed E-state index contributed by atoms with van der Waals surface area (Å²) in [6.45, 7) is 4.97. The smallest absolute Gasteiger partial charge is 0.475 e. The van der Waals surface area contributed by atoms with Gasteiger partial charge in [0.05, 0.1) is 17.7 Å². The zero-order chi connectivity index (χ0) is 30.4. The molecule has 1 aliphatic rings. The number of nitrogens with one attached hydrogen (secondary N) is 3. The number of carbonyl (C=O) groups is 3. The van der Waals surface area contributed by atoms with Crippen molar-refractivity contribution < 1.29 is 32.7 Å². The SMILES string of the molecule is CC(C)c1ccc(CC(=O)Nc2ccc(-c3cc(-c4cc5c([nH]4)CCNC5=O)ccn3)cc2)cc1.O=C(O)C(F)(F)F. The van der Waals surface area contributed by atoms with Crippen LogP contribution in [0, 0.1) is 0 Å². The number of halogens is 3. The average molecular weight is 579 g/mol. The van der Waals surface area contributed by atoms with Gasteiger partial charge in [0, 0.05) is 47.4 Å². The third-order valence-electron chi connectivity index (χ3n) is 6.59. The molecule has 0 fully saturated rings. The van der Waals surface area contributed by atoms with E-state index in [2.05, 4.69) is 46.6 Å². The van der Waals surface area contributed by atoms with Gasteiger partial charge >= 0.3 is 12.1 Å². The largest absolute Gasteiger partial charge is 0.490 e. The molecule has 2 aromatic heterocycles. The predicted molar refractivity (Wildman–Crippen MR) is 152 cm³/mol. The molecule has 2 aromatic carbocycles. The highest BCUT2D eigenvalue weighted by atomic mass is 19.4. The summed E-state index contributed by atoms with van der Waals surface area (Å²) >= 11 is 0. The van der Waals surface area contributed by atoms with Crippen molar-refractivity contribution in [3.05, 3.63) is 95.3 Å². The van der Waals surface area contributed by atoms with Gasteiger partial charge in [-0.3, -0.25) is 14.6 Å². The van der Waals surface area contributed by atoms with Gasteiger partial charge in [0.2, 0.25) is 5.91 Å². The highest BCUT2D eigenvalue weighted by molar-refractivity contribution is 5.98. The van der Waals surface area contributed by atoms with Gasteiger partial charge in [0.15, 0.2) is 0 Å². The Morgan fingerprint density at radius 1 is 1.00 bits per heavy atom. The van der Waals surface area contributed by atoms with Gasteiger partial charge in [-0.25, -0.2) is 4.79 Å².